The zero-order valence-corrected chi connectivity index (χ0v) is 9.50. The molecule has 2 atom stereocenters. The number of benzene rings is 1. The smallest absolute Gasteiger partial charge is 0.148 e. The summed E-state index contributed by atoms with van der Waals surface area (Å²) in [6.07, 6.45) is 0.332. The van der Waals surface area contributed by atoms with Crippen molar-refractivity contribution < 1.29 is 9.50 Å². The van der Waals surface area contributed by atoms with Crippen molar-refractivity contribution in [2.24, 2.45) is 5.41 Å². The number of nitrogens with two attached hydrogens (primary N) is 1. The number of nitrogen functional groups attached to an aromatic ring is 1. The van der Waals surface area contributed by atoms with E-state index in [1.54, 1.807) is 12.1 Å². The second-order valence-electron chi connectivity index (χ2n) is 5.01. The lowest BCUT2D eigenvalue weighted by atomic mass is 9.64. The van der Waals surface area contributed by atoms with Gasteiger partial charge in [-0.25, -0.2) is 4.39 Å². The van der Waals surface area contributed by atoms with Gasteiger partial charge in [0.2, 0.25) is 0 Å². The summed E-state index contributed by atoms with van der Waals surface area (Å²) in [7, 11) is 0. The first-order chi connectivity index (χ1) is 7.41. The summed E-state index contributed by atoms with van der Waals surface area (Å²) in [6, 6.07) is 4.68. The Balaban J connectivity index is 2.11. The van der Waals surface area contributed by atoms with Crippen LogP contribution in [0.15, 0.2) is 18.2 Å². The second-order valence-corrected chi connectivity index (χ2v) is 5.01. The highest BCUT2D eigenvalue weighted by Gasteiger charge is 2.47. The summed E-state index contributed by atoms with van der Waals surface area (Å²) in [5, 5.41) is 12.7. The molecule has 1 aromatic rings. The van der Waals surface area contributed by atoms with E-state index >= 15 is 0 Å². The number of hydrogen-bond donors (Lipinski definition) is 3. The standard InChI is InChI=1S/C12H17FN2O/c1-12(2)10(6-11(12)16)15-9-4-3-7(14)5-8(9)13/h3-5,10-11,15-16H,6,14H2,1-2H3. The molecule has 1 saturated carbocycles. The van der Waals surface area contributed by atoms with Gasteiger partial charge in [0.05, 0.1) is 11.8 Å². The minimum atomic E-state index is -0.350. The van der Waals surface area contributed by atoms with Crippen molar-refractivity contribution in [2.75, 3.05) is 11.1 Å². The first kappa shape index (κ1) is 11.2. The van der Waals surface area contributed by atoms with Gasteiger partial charge in [0.1, 0.15) is 5.82 Å². The van der Waals surface area contributed by atoms with Gasteiger partial charge in [-0.2, -0.15) is 0 Å². The lowest BCUT2D eigenvalue weighted by molar-refractivity contribution is -0.0511. The average molecular weight is 224 g/mol. The highest BCUT2D eigenvalue weighted by Crippen LogP contribution is 2.42. The third-order valence-corrected chi connectivity index (χ3v) is 3.54. The summed E-state index contributed by atoms with van der Waals surface area (Å²) in [5.74, 6) is -0.350. The van der Waals surface area contributed by atoms with Crippen LogP contribution >= 0.6 is 0 Å². The third-order valence-electron chi connectivity index (χ3n) is 3.54. The molecule has 1 aliphatic rings. The molecule has 0 saturated heterocycles. The Labute approximate surface area is 94.5 Å². The molecule has 0 bridgehead atoms. The fourth-order valence-electron chi connectivity index (χ4n) is 1.98. The van der Waals surface area contributed by atoms with Gasteiger partial charge >= 0.3 is 0 Å². The molecule has 4 heteroatoms. The van der Waals surface area contributed by atoms with Crippen LogP contribution in [-0.4, -0.2) is 17.3 Å². The van der Waals surface area contributed by atoms with E-state index in [9.17, 15) is 9.50 Å². The van der Waals surface area contributed by atoms with Gasteiger partial charge in [0, 0.05) is 17.1 Å². The first-order valence-corrected chi connectivity index (χ1v) is 5.41. The number of aliphatic hydroxyl groups is 1. The molecule has 0 aromatic heterocycles. The largest absolute Gasteiger partial charge is 0.399 e. The van der Waals surface area contributed by atoms with Crippen LogP contribution in [0.2, 0.25) is 0 Å². The molecule has 3 nitrogen and oxygen atoms in total. The third kappa shape index (κ3) is 1.73. The van der Waals surface area contributed by atoms with E-state index in [1.165, 1.54) is 6.07 Å². The van der Waals surface area contributed by atoms with Gasteiger partial charge in [0.15, 0.2) is 0 Å². The van der Waals surface area contributed by atoms with Crippen molar-refractivity contribution in [3.05, 3.63) is 24.0 Å². The number of rotatable bonds is 2. The molecule has 1 aliphatic carbocycles. The topological polar surface area (TPSA) is 58.3 Å². The van der Waals surface area contributed by atoms with Crippen LogP contribution in [0.3, 0.4) is 0 Å². The summed E-state index contributed by atoms with van der Waals surface area (Å²) in [5.41, 5.74) is 6.11. The van der Waals surface area contributed by atoms with Crippen molar-refractivity contribution in [3.8, 4) is 0 Å². The van der Waals surface area contributed by atoms with Crippen LogP contribution in [0.1, 0.15) is 20.3 Å². The Morgan fingerprint density at radius 2 is 2.19 bits per heavy atom. The SMILES string of the molecule is CC1(C)C(O)CC1Nc1ccc(N)cc1F. The average Bonchev–Trinajstić information content (AvgIpc) is 2.21. The summed E-state index contributed by atoms with van der Waals surface area (Å²) in [6.45, 7) is 3.93. The fraction of sp³-hybridized carbons (Fsp3) is 0.500. The van der Waals surface area contributed by atoms with E-state index in [0.29, 0.717) is 17.8 Å². The number of nitrogens with one attached hydrogen (secondary N) is 1. The number of anilines is 2. The molecular weight excluding hydrogens is 207 g/mol. The van der Waals surface area contributed by atoms with E-state index in [1.807, 2.05) is 13.8 Å². The molecule has 0 spiro atoms. The molecule has 16 heavy (non-hydrogen) atoms. The van der Waals surface area contributed by atoms with Crippen molar-refractivity contribution in [1.29, 1.82) is 0 Å². The lowest BCUT2D eigenvalue weighted by Crippen LogP contribution is -2.57. The highest BCUT2D eigenvalue weighted by atomic mass is 19.1. The molecule has 0 radical (unpaired) electrons. The number of aliphatic hydroxyl groups excluding tert-OH is 1. The van der Waals surface area contributed by atoms with Crippen molar-refractivity contribution in [3.63, 3.8) is 0 Å². The van der Waals surface area contributed by atoms with Crippen LogP contribution in [0.25, 0.3) is 0 Å². The molecule has 1 fully saturated rings. The molecule has 0 aliphatic heterocycles. The normalized spacial score (nSPS) is 27.2. The maximum Gasteiger partial charge on any atom is 0.148 e. The summed E-state index contributed by atoms with van der Waals surface area (Å²) in [4.78, 5) is 0. The molecule has 4 N–H and O–H groups in total. The highest BCUT2D eigenvalue weighted by molar-refractivity contribution is 5.53. The fourth-order valence-corrected chi connectivity index (χ4v) is 1.98. The molecule has 0 heterocycles. The number of hydrogen-bond acceptors (Lipinski definition) is 3. The van der Waals surface area contributed by atoms with Crippen molar-refractivity contribution in [1.82, 2.24) is 0 Å². The van der Waals surface area contributed by atoms with Gasteiger partial charge in [-0.1, -0.05) is 13.8 Å². The van der Waals surface area contributed by atoms with Crippen molar-refractivity contribution in [2.45, 2.75) is 32.4 Å². The molecule has 2 unspecified atom stereocenters. The summed E-state index contributed by atoms with van der Waals surface area (Å²) < 4.78 is 13.5. The Kier molecular flexibility index (Phi) is 2.54. The Morgan fingerprint density at radius 3 is 2.69 bits per heavy atom. The molecular formula is C12H17FN2O. The van der Waals surface area contributed by atoms with Gasteiger partial charge in [-0.3, -0.25) is 0 Å². The molecule has 2 rings (SSSR count). The zero-order valence-electron chi connectivity index (χ0n) is 9.50. The number of halogens is 1. The molecule has 88 valence electrons. The Bertz CT molecular complexity index is 406. The van der Waals surface area contributed by atoms with E-state index < -0.39 is 0 Å². The van der Waals surface area contributed by atoms with Crippen LogP contribution in [0.4, 0.5) is 15.8 Å². The minimum Gasteiger partial charge on any atom is -0.399 e. The lowest BCUT2D eigenvalue weighted by Gasteiger charge is -2.49. The van der Waals surface area contributed by atoms with Crippen molar-refractivity contribution >= 4 is 11.4 Å². The monoisotopic (exact) mass is 224 g/mol. The zero-order chi connectivity index (χ0) is 11.9. The van der Waals surface area contributed by atoms with E-state index in [2.05, 4.69) is 5.32 Å². The van der Waals surface area contributed by atoms with Crippen LogP contribution in [0.5, 0.6) is 0 Å². The van der Waals surface area contributed by atoms with Crippen LogP contribution in [-0.2, 0) is 0 Å². The van der Waals surface area contributed by atoms with Crippen LogP contribution in [0, 0.1) is 11.2 Å². The van der Waals surface area contributed by atoms with Gasteiger partial charge in [-0.15, -0.1) is 0 Å². The molecule has 1 aromatic carbocycles. The van der Waals surface area contributed by atoms with Gasteiger partial charge in [0.25, 0.3) is 0 Å². The quantitative estimate of drug-likeness (QED) is 0.673. The van der Waals surface area contributed by atoms with E-state index in [4.69, 9.17) is 5.73 Å². The molecule has 0 amide bonds. The van der Waals surface area contributed by atoms with Crippen LogP contribution < -0.4 is 11.1 Å². The predicted octanol–water partition coefficient (Wildman–Crippen LogP) is 1.98. The van der Waals surface area contributed by atoms with E-state index in [-0.39, 0.29) is 23.4 Å². The first-order valence-electron chi connectivity index (χ1n) is 5.41. The maximum atomic E-state index is 13.5. The Morgan fingerprint density at radius 1 is 1.50 bits per heavy atom. The van der Waals surface area contributed by atoms with E-state index in [0.717, 1.165) is 0 Å². The Hall–Kier alpha value is -1.29. The predicted molar refractivity (Wildman–Crippen MR) is 62.6 cm³/mol. The van der Waals surface area contributed by atoms with Gasteiger partial charge in [-0.05, 0) is 24.6 Å². The maximum absolute atomic E-state index is 13.5. The second kappa shape index (κ2) is 3.63. The van der Waals surface area contributed by atoms with Gasteiger partial charge < -0.3 is 16.2 Å². The minimum absolute atomic E-state index is 0.0978. The summed E-state index contributed by atoms with van der Waals surface area (Å²) >= 11 is 0.